The van der Waals surface area contributed by atoms with E-state index in [1.165, 1.54) is 0 Å². The van der Waals surface area contributed by atoms with E-state index in [1.54, 1.807) is 42.6 Å². The molecule has 1 aromatic heterocycles. The van der Waals surface area contributed by atoms with E-state index in [-0.39, 0.29) is 19.6 Å². The second kappa shape index (κ2) is 10.1. The minimum atomic E-state index is -1.17. The molecule has 184 valence electrons. The van der Waals surface area contributed by atoms with E-state index in [9.17, 15) is 19.8 Å². The van der Waals surface area contributed by atoms with Gasteiger partial charge < -0.3 is 30.0 Å². The number of carboxylic acid groups (broad SMARTS) is 1. The molecule has 0 aliphatic carbocycles. The smallest absolute Gasteiger partial charge is 0.326 e. The van der Waals surface area contributed by atoms with E-state index >= 15 is 0 Å². The van der Waals surface area contributed by atoms with Crippen molar-refractivity contribution in [3.05, 3.63) is 95.7 Å². The highest BCUT2D eigenvalue weighted by Crippen LogP contribution is 2.34. The van der Waals surface area contributed by atoms with Gasteiger partial charge in [0.25, 0.3) is 0 Å². The molecule has 0 unspecified atom stereocenters. The Hall–Kier alpha value is -4.30. The zero-order valence-corrected chi connectivity index (χ0v) is 19.4. The molecule has 4 N–H and O–H groups in total. The summed E-state index contributed by atoms with van der Waals surface area (Å²) < 4.78 is 10.8. The van der Waals surface area contributed by atoms with Crippen LogP contribution in [-0.4, -0.2) is 39.9 Å². The number of amides is 1. The van der Waals surface area contributed by atoms with Crippen LogP contribution < -0.4 is 14.8 Å². The maximum absolute atomic E-state index is 13.5. The van der Waals surface area contributed by atoms with Crippen molar-refractivity contribution in [1.29, 1.82) is 0 Å². The quantitative estimate of drug-likeness (QED) is 0.287. The average Bonchev–Trinajstić information content (AvgIpc) is 3.53. The predicted molar refractivity (Wildman–Crippen MR) is 133 cm³/mol. The third-order valence-corrected chi connectivity index (χ3v) is 6.47. The fourth-order valence-electron chi connectivity index (χ4n) is 4.55. The molecule has 5 rings (SSSR count). The van der Waals surface area contributed by atoms with Crippen LogP contribution in [0, 0.1) is 5.92 Å². The molecule has 2 heterocycles. The summed E-state index contributed by atoms with van der Waals surface area (Å²) in [6.45, 7) is 0.128. The highest BCUT2D eigenvalue weighted by molar-refractivity contribution is 5.88. The number of carbonyl (C=O) groups excluding carboxylic acids is 1. The van der Waals surface area contributed by atoms with Gasteiger partial charge in [-0.05, 0) is 41.3 Å². The van der Waals surface area contributed by atoms with Crippen LogP contribution >= 0.6 is 0 Å². The Bertz CT molecular complexity index is 1380. The average molecular weight is 487 g/mol. The number of aliphatic hydroxyl groups excluding tert-OH is 1. The molecule has 8 nitrogen and oxygen atoms in total. The summed E-state index contributed by atoms with van der Waals surface area (Å²) in [6, 6.07) is 20.6. The number of aliphatic carboxylic acids is 1. The van der Waals surface area contributed by atoms with E-state index in [0.717, 1.165) is 22.0 Å². The van der Waals surface area contributed by atoms with Crippen molar-refractivity contribution in [2.45, 2.75) is 25.0 Å². The van der Waals surface area contributed by atoms with Gasteiger partial charge in [-0.1, -0.05) is 54.6 Å². The van der Waals surface area contributed by atoms with Gasteiger partial charge >= 0.3 is 5.97 Å². The molecule has 4 aromatic rings. The largest absolute Gasteiger partial charge is 0.480 e. The Kier molecular flexibility index (Phi) is 6.60. The monoisotopic (exact) mass is 486 g/mol. The number of benzene rings is 3. The van der Waals surface area contributed by atoms with E-state index < -0.39 is 29.9 Å². The van der Waals surface area contributed by atoms with Crippen LogP contribution in [0.2, 0.25) is 0 Å². The predicted octanol–water partition coefficient (Wildman–Crippen LogP) is 3.60. The second-order valence-corrected chi connectivity index (χ2v) is 8.82. The van der Waals surface area contributed by atoms with Crippen LogP contribution in [0.3, 0.4) is 0 Å². The van der Waals surface area contributed by atoms with Crippen molar-refractivity contribution in [1.82, 2.24) is 10.3 Å². The van der Waals surface area contributed by atoms with Crippen molar-refractivity contribution < 1.29 is 29.3 Å². The van der Waals surface area contributed by atoms with Crippen molar-refractivity contribution in [3.8, 4) is 11.5 Å². The highest BCUT2D eigenvalue weighted by atomic mass is 16.7. The number of hydrogen-bond donors (Lipinski definition) is 4. The van der Waals surface area contributed by atoms with Gasteiger partial charge in [0.1, 0.15) is 6.04 Å². The van der Waals surface area contributed by atoms with Gasteiger partial charge in [0.05, 0.1) is 12.0 Å². The summed E-state index contributed by atoms with van der Waals surface area (Å²) in [4.78, 5) is 28.8. The van der Waals surface area contributed by atoms with Gasteiger partial charge in [-0.3, -0.25) is 4.79 Å². The molecule has 0 saturated carbocycles. The zero-order chi connectivity index (χ0) is 25.1. The standard InChI is InChI=1S/C28H26N2O6/c31-26(18-6-2-1-3-7-18)21(12-17-10-11-24-25(13-17)36-16-35-24)27(32)30-23(28(33)34)14-19-15-29-22-9-5-4-8-20(19)22/h1-11,13,15,21,23,26,29,31H,12,14,16H2,(H,30,32)(H,33,34)/t21-,23+,26-/m1/s1. The van der Waals surface area contributed by atoms with E-state index in [4.69, 9.17) is 9.47 Å². The summed E-state index contributed by atoms with van der Waals surface area (Å²) in [6.07, 6.45) is 0.899. The highest BCUT2D eigenvalue weighted by Gasteiger charge is 2.32. The molecular formula is C28H26N2O6. The number of para-hydroxylation sites is 1. The Morgan fingerprint density at radius 2 is 1.69 bits per heavy atom. The molecule has 8 heteroatoms. The van der Waals surface area contributed by atoms with Gasteiger partial charge in [0.2, 0.25) is 12.7 Å². The van der Waals surface area contributed by atoms with Gasteiger partial charge in [-0.15, -0.1) is 0 Å². The number of carboxylic acids is 1. The Morgan fingerprint density at radius 1 is 0.944 bits per heavy atom. The number of nitrogens with one attached hydrogen (secondary N) is 2. The van der Waals surface area contributed by atoms with E-state index in [2.05, 4.69) is 10.3 Å². The van der Waals surface area contributed by atoms with Crippen molar-refractivity contribution in [2.75, 3.05) is 6.79 Å². The number of carbonyl (C=O) groups is 2. The molecule has 0 saturated heterocycles. The van der Waals surface area contributed by atoms with Crippen LogP contribution in [0.1, 0.15) is 22.8 Å². The Labute approximate surface area is 207 Å². The van der Waals surface area contributed by atoms with Crippen LogP contribution in [0.5, 0.6) is 11.5 Å². The van der Waals surface area contributed by atoms with Gasteiger partial charge in [-0.2, -0.15) is 0 Å². The fraction of sp³-hybridized carbons (Fsp3) is 0.214. The molecule has 0 fully saturated rings. The lowest BCUT2D eigenvalue weighted by Gasteiger charge is -2.25. The molecule has 0 spiro atoms. The first-order valence-electron chi connectivity index (χ1n) is 11.7. The number of ether oxygens (including phenoxy) is 2. The molecule has 1 aliphatic rings. The summed E-state index contributed by atoms with van der Waals surface area (Å²) in [5.74, 6) is -1.44. The molecular weight excluding hydrogens is 460 g/mol. The lowest BCUT2D eigenvalue weighted by atomic mass is 9.88. The van der Waals surface area contributed by atoms with Crippen LogP contribution in [-0.2, 0) is 22.4 Å². The minimum absolute atomic E-state index is 0.100. The van der Waals surface area contributed by atoms with E-state index in [0.29, 0.717) is 17.1 Å². The maximum Gasteiger partial charge on any atom is 0.326 e. The number of hydrogen-bond acceptors (Lipinski definition) is 5. The molecule has 1 aliphatic heterocycles. The lowest BCUT2D eigenvalue weighted by molar-refractivity contribution is -0.143. The van der Waals surface area contributed by atoms with Crippen LogP contribution in [0.25, 0.3) is 10.9 Å². The summed E-state index contributed by atoms with van der Waals surface area (Å²) in [5.41, 5.74) is 3.01. The Morgan fingerprint density at radius 3 is 2.50 bits per heavy atom. The first kappa shape index (κ1) is 23.4. The number of aromatic nitrogens is 1. The summed E-state index contributed by atoms with van der Waals surface area (Å²) in [7, 11) is 0. The van der Waals surface area contributed by atoms with E-state index in [1.807, 2.05) is 36.4 Å². The number of aromatic amines is 1. The second-order valence-electron chi connectivity index (χ2n) is 8.82. The van der Waals surface area contributed by atoms with Crippen molar-refractivity contribution >= 4 is 22.8 Å². The van der Waals surface area contributed by atoms with Gasteiger partial charge in [-0.25, -0.2) is 4.79 Å². The number of rotatable bonds is 9. The molecule has 3 aromatic carbocycles. The van der Waals surface area contributed by atoms with Crippen LogP contribution in [0.15, 0.2) is 79.0 Å². The third-order valence-electron chi connectivity index (χ3n) is 6.47. The molecule has 0 bridgehead atoms. The molecule has 3 atom stereocenters. The summed E-state index contributed by atoms with van der Waals surface area (Å²) in [5, 5.41) is 24.7. The topological polar surface area (TPSA) is 121 Å². The van der Waals surface area contributed by atoms with Gasteiger partial charge in [0.15, 0.2) is 11.5 Å². The zero-order valence-electron chi connectivity index (χ0n) is 19.4. The minimum Gasteiger partial charge on any atom is -0.480 e. The molecule has 0 radical (unpaired) electrons. The maximum atomic E-state index is 13.5. The fourth-order valence-corrected chi connectivity index (χ4v) is 4.55. The van der Waals surface area contributed by atoms with Gasteiger partial charge in [0, 0.05) is 23.5 Å². The molecule has 1 amide bonds. The third kappa shape index (κ3) is 4.89. The number of H-pyrrole nitrogens is 1. The van der Waals surface area contributed by atoms with Crippen molar-refractivity contribution in [3.63, 3.8) is 0 Å². The van der Waals surface area contributed by atoms with Crippen LogP contribution in [0.4, 0.5) is 0 Å². The first-order valence-corrected chi connectivity index (χ1v) is 11.7. The Balaban J connectivity index is 1.40. The first-order chi connectivity index (χ1) is 17.5. The van der Waals surface area contributed by atoms with Crippen molar-refractivity contribution in [2.24, 2.45) is 5.92 Å². The SMILES string of the molecule is O=C(O)[C@H](Cc1c[nH]c2ccccc12)NC(=O)[C@H](Cc1ccc2c(c1)OCO2)[C@H](O)c1ccccc1. The normalized spacial score (nSPS) is 14.8. The summed E-state index contributed by atoms with van der Waals surface area (Å²) >= 11 is 0. The lowest BCUT2D eigenvalue weighted by Crippen LogP contribution is -2.46. The number of fused-ring (bicyclic) bond motifs is 2. The number of aliphatic hydroxyl groups is 1. The molecule has 36 heavy (non-hydrogen) atoms.